The predicted molar refractivity (Wildman–Crippen MR) is 85.2 cm³/mol. The number of fused-ring (bicyclic) bond motifs is 2. The Bertz CT molecular complexity index is 829. The molecule has 3 heterocycles. The Labute approximate surface area is 130 Å². The molecule has 2 aromatic rings. The Hall–Kier alpha value is -1.50. The molecular weight excluding hydrogens is 298 g/mol. The second kappa shape index (κ2) is 5.01. The van der Waals surface area contributed by atoms with Gasteiger partial charge in [-0.05, 0) is 37.9 Å². The van der Waals surface area contributed by atoms with Gasteiger partial charge in [-0.25, -0.2) is 8.42 Å². The molecular formula is C16H19N3O2S. The van der Waals surface area contributed by atoms with Crippen molar-refractivity contribution in [3.8, 4) is 0 Å². The number of nitrogens with zero attached hydrogens (tertiary/aromatic N) is 2. The van der Waals surface area contributed by atoms with Crippen LogP contribution in [0.1, 0.15) is 18.4 Å². The summed E-state index contributed by atoms with van der Waals surface area (Å²) in [6.07, 6.45) is 5.25. The molecule has 0 aliphatic carbocycles. The Kier molecular flexibility index (Phi) is 3.21. The first-order valence-electron chi connectivity index (χ1n) is 7.67. The Balaban J connectivity index is 1.88. The van der Waals surface area contributed by atoms with E-state index in [2.05, 4.69) is 10.3 Å². The van der Waals surface area contributed by atoms with Crippen molar-refractivity contribution in [2.45, 2.75) is 36.7 Å². The Morgan fingerprint density at radius 2 is 2.14 bits per heavy atom. The number of nitrogens with one attached hydrogen (secondary N) is 1. The van der Waals surface area contributed by atoms with Crippen molar-refractivity contribution in [3.63, 3.8) is 0 Å². The number of sulfonamides is 1. The van der Waals surface area contributed by atoms with E-state index in [1.165, 1.54) is 0 Å². The first-order chi connectivity index (χ1) is 10.6. The zero-order valence-electron chi connectivity index (χ0n) is 12.5. The molecule has 2 aliphatic heterocycles. The largest absolute Gasteiger partial charge is 0.312 e. The van der Waals surface area contributed by atoms with Crippen LogP contribution in [-0.4, -0.2) is 42.9 Å². The number of benzene rings is 1. The summed E-state index contributed by atoms with van der Waals surface area (Å²) in [6, 6.07) is 5.85. The lowest BCUT2D eigenvalue weighted by atomic mass is 10.1. The van der Waals surface area contributed by atoms with Crippen LogP contribution in [0.4, 0.5) is 0 Å². The Morgan fingerprint density at radius 1 is 1.27 bits per heavy atom. The van der Waals surface area contributed by atoms with E-state index < -0.39 is 10.0 Å². The van der Waals surface area contributed by atoms with E-state index in [9.17, 15) is 8.42 Å². The van der Waals surface area contributed by atoms with Crippen molar-refractivity contribution in [2.24, 2.45) is 0 Å². The summed E-state index contributed by atoms with van der Waals surface area (Å²) in [5, 5.41) is 5.08. The minimum atomic E-state index is -3.48. The van der Waals surface area contributed by atoms with Crippen molar-refractivity contribution in [1.29, 1.82) is 0 Å². The third-order valence-corrected chi connectivity index (χ3v) is 6.83. The van der Waals surface area contributed by atoms with Crippen LogP contribution in [0.3, 0.4) is 0 Å². The number of hydrogen-bond acceptors (Lipinski definition) is 4. The molecule has 6 heteroatoms. The van der Waals surface area contributed by atoms with Gasteiger partial charge in [-0.3, -0.25) is 4.98 Å². The molecule has 0 amide bonds. The summed E-state index contributed by atoms with van der Waals surface area (Å²) in [6.45, 7) is 3.42. The number of pyridine rings is 1. The smallest absolute Gasteiger partial charge is 0.244 e. The van der Waals surface area contributed by atoms with Gasteiger partial charge in [0.1, 0.15) is 0 Å². The molecule has 2 fully saturated rings. The molecule has 1 N–H and O–H groups in total. The number of rotatable bonds is 2. The monoisotopic (exact) mass is 317 g/mol. The van der Waals surface area contributed by atoms with Crippen LogP contribution in [0.5, 0.6) is 0 Å². The van der Waals surface area contributed by atoms with Crippen LogP contribution >= 0.6 is 0 Å². The van der Waals surface area contributed by atoms with Gasteiger partial charge in [-0.2, -0.15) is 4.31 Å². The van der Waals surface area contributed by atoms with Gasteiger partial charge in [0, 0.05) is 41.8 Å². The molecule has 0 spiro atoms. The van der Waals surface area contributed by atoms with E-state index in [4.69, 9.17) is 0 Å². The highest BCUT2D eigenvalue weighted by Gasteiger charge is 2.44. The van der Waals surface area contributed by atoms with Crippen LogP contribution in [0.15, 0.2) is 35.5 Å². The summed E-state index contributed by atoms with van der Waals surface area (Å²) in [4.78, 5) is 4.58. The third-order valence-electron chi connectivity index (χ3n) is 4.86. The topological polar surface area (TPSA) is 62.3 Å². The van der Waals surface area contributed by atoms with E-state index in [0.29, 0.717) is 17.5 Å². The van der Waals surface area contributed by atoms with Crippen molar-refractivity contribution in [3.05, 3.63) is 36.2 Å². The summed E-state index contributed by atoms with van der Waals surface area (Å²) in [7, 11) is -3.48. The molecule has 2 atom stereocenters. The highest BCUT2D eigenvalue weighted by atomic mass is 32.2. The molecule has 1 aromatic carbocycles. The van der Waals surface area contributed by atoms with Crippen LogP contribution < -0.4 is 5.32 Å². The van der Waals surface area contributed by atoms with E-state index in [0.717, 1.165) is 35.7 Å². The molecule has 116 valence electrons. The second-order valence-electron chi connectivity index (χ2n) is 6.13. The molecule has 0 bridgehead atoms. The third kappa shape index (κ3) is 1.98. The molecule has 22 heavy (non-hydrogen) atoms. The first-order valence-corrected chi connectivity index (χ1v) is 9.11. The molecule has 4 rings (SSSR count). The number of hydrogen-bond donors (Lipinski definition) is 1. The summed E-state index contributed by atoms with van der Waals surface area (Å²) in [5.41, 5.74) is 0.900. The summed E-state index contributed by atoms with van der Waals surface area (Å²) in [5.74, 6) is 0. The van der Waals surface area contributed by atoms with E-state index in [1.54, 1.807) is 28.8 Å². The van der Waals surface area contributed by atoms with Crippen LogP contribution in [0.25, 0.3) is 10.8 Å². The van der Waals surface area contributed by atoms with Crippen LogP contribution in [0.2, 0.25) is 0 Å². The fourth-order valence-corrected chi connectivity index (χ4v) is 5.83. The van der Waals surface area contributed by atoms with Crippen LogP contribution in [-0.2, 0) is 10.0 Å². The zero-order chi connectivity index (χ0) is 15.3. The van der Waals surface area contributed by atoms with E-state index in [-0.39, 0.29) is 6.04 Å². The molecule has 2 aliphatic rings. The van der Waals surface area contributed by atoms with Crippen molar-refractivity contribution in [2.75, 3.05) is 13.1 Å². The highest BCUT2D eigenvalue weighted by Crippen LogP contribution is 2.34. The lowest BCUT2D eigenvalue weighted by molar-refractivity contribution is 0.386. The average Bonchev–Trinajstić information content (AvgIpc) is 3.09. The maximum Gasteiger partial charge on any atom is 0.244 e. The minimum absolute atomic E-state index is 0.0994. The molecule has 0 radical (unpaired) electrons. The number of aromatic nitrogens is 1. The van der Waals surface area contributed by atoms with E-state index in [1.807, 2.05) is 13.0 Å². The summed E-state index contributed by atoms with van der Waals surface area (Å²) < 4.78 is 28.1. The fourth-order valence-electron chi connectivity index (χ4n) is 3.84. The fraction of sp³-hybridized carbons (Fsp3) is 0.438. The molecule has 2 saturated heterocycles. The normalized spacial score (nSPS) is 25.7. The van der Waals surface area contributed by atoms with Gasteiger partial charge in [0.05, 0.1) is 4.90 Å². The average molecular weight is 317 g/mol. The van der Waals surface area contributed by atoms with Gasteiger partial charge in [-0.1, -0.05) is 12.1 Å². The van der Waals surface area contributed by atoms with Gasteiger partial charge >= 0.3 is 0 Å². The first kappa shape index (κ1) is 14.1. The van der Waals surface area contributed by atoms with E-state index >= 15 is 0 Å². The number of aryl methyl sites for hydroxylation is 1. The predicted octanol–water partition coefficient (Wildman–Crippen LogP) is 1.67. The lowest BCUT2D eigenvalue weighted by Gasteiger charge is -2.23. The maximum absolute atomic E-state index is 13.2. The minimum Gasteiger partial charge on any atom is -0.312 e. The molecule has 0 saturated carbocycles. The van der Waals surface area contributed by atoms with Crippen molar-refractivity contribution < 1.29 is 8.42 Å². The molecule has 5 nitrogen and oxygen atoms in total. The maximum atomic E-state index is 13.2. The van der Waals surface area contributed by atoms with Crippen LogP contribution in [0, 0.1) is 6.92 Å². The standard InChI is InChI=1S/C16H19N3O2S/c1-11-9-17-10-12-3-2-4-15(16(11)12)22(20,21)19-8-6-13-14(19)5-7-18-13/h2-4,9-10,13-14,18H,5-8H2,1H3/t13-,14-/m0/s1. The van der Waals surface area contributed by atoms with Crippen molar-refractivity contribution >= 4 is 20.8 Å². The van der Waals surface area contributed by atoms with Gasteiger partial charge in [-0.15, -0.1) is 0 Å². The lowest BCUT2D eigenvalue weighted by Crippen LogP contribution is -2.38. The van der Waals surface area contributed by atoms with Crippen molar-refractivity contribution in [1.82, 2.24) is 14.6 Å². The van der Waals surface area contributed by atoms with Gasteiger partial charge < -0.3 is 5.32 Å². The Morgan fingerprint density at radius 3 is 3.00 bits per heavy atom. The molecule has 0 unspecified atom stereocenters. The summed E-state index contributed by atoms with van der Waals surface area (Å²) >= 11 is 0. The molecule has 1 aromatic heterocycles. The highest BCUT2D eigenvalue weighted by molar-refractivity contribution is 7.89. The van der Waals surface area contributed by atoms with Gasteiger partial charge in [0.25, 0.3) is 0 Å². The second-order valence-corrected chi connectivity index (χ2v) is 7.99. The SMILES string of the molecule is Cc1cncc2cccc(S(=O)(=O)N3CC[C@@H]4NCC[C@@H]43)c12. The quantitative estimate of drug-likeness (QED) is 0.915. The van der Waals surface area contributed by atoms with Gasteiger partial charge in [0.15, 0.2) is 0 Å². The van der Waals surface area contributed by atoms with Gasteiger partial charge in [0.2, 0.25) is 10.0 Å². The zero-order valence-corrected chi connectivity index (χ0v) is 13.3.